The summed E-state index contributed by atoms with van der Waals surface area (Å²) in [5, 5.41) is 17.7. The molecule has 4 heterocycles. The van der Waals surface area contributed by atoms with Crippen LogP contribution in [-0.2, 0) is 7.05 Å². The number of aromatic nitrogens is 6. The fourth-order valence-corrected chi connectivity index (χ4v) is 3.65. The first-order valence-corrected chi connectivity index (χ1v) is 8.74. The minimum absolute atomic E-state index is 0.555. The summed E-state index contributed by atoms with van der Waals surface area (Å²) in [5.74, 6) is 3.22. The summed E-state index contributed by atoms with van der Waals surface area (Å²) in [6.07, 6.45) is 8.85. The van der Waals surface area contributed by atoms with Crippen molar-refractivity contribution in [1.29, 1.82) is 0 Å². The Kier molecular flexibility index (Phi) is 3.08. The molecular formula is C17H21N7. The number of piperidine rings is 1. The molecule has 0 bridgehead atoms. The molecule has 0 spiro atoms. The van der Waals surface area contributed by atoms with Crippen molar-refractivity contribution in [3.8, 4) is 0 Å². The van der Waals surface area contributed by atoms with Crippen LogP contribution in [-0.4, -0.2) is 42.7 Å². The van der Waals surface area contributed by atoms with Crippen LogP contribution in [0.3, 0.4) is 0 Å². The molecule has 0 aromatic carbocycles. The van der Waals surface area contributed by atoms with E-state index in [1.807, 2.05) is 28.5 Å². The van der Waals surface area contributed by atoms with E-state index in [4.69, 9.17) is 5.10 Å². The van der Waals surface area contributed by atoms with Gasteiger partial charge >= 0.3 is 0 Å². The predicted molar refractivity (Wildman–Crippen MR) is 90.2 cm³/mol. The third-order valence-corrected chi connectivity index (χ3v) is 5.23. The van der Waals surface area contributed by atoms with E-state index >= 15 is 0 Å². The van der Waals surface area contributed by atoms with Gasteiger partial charge < -0.3 is 4.90 Å². The Morgan fingerprint density at radius 3 is 2.54 bits per heavy atom. The molecule has 3 aromatic rings. The molecule has 1 aliphatic carbocycles. The van der Waals surface area contributed by atoms with Crippen molar-refractivity contribution in [3.63, 3.8) is 0 Å². The normalized spacial score (nSPS) is 19.3. The Labute approximate surface area is 140 Å². The summed E-state index contributed by atoms with van der Waals surface area (Å²) in [6.45, 7) is 2.05. The second-order valence-corrected chi connectivity index (χ2v) is 7.00. The summed E-state index contributed by atoms with van der Waals surface area (Å²) < 4.78 is 3.84. The van der Waals surface area contributed by atoms with Crippen LogP contribution >= 0.6 is 0 Å². The molecule has 124 valence electrons. The lowest BCUT2D eigenvalue weighted by atomic mass is 9.91. The van der Waals surface area contributed by atoms with E-state index in [9.17, 15) is 0 Å². The zero-order chi connectivity index (χ0) is 16.1. The van der Waals surface area contributed by atoms with Gasteiger partial charge in [-0.25, -0.2) is 0 Å². The van der Waals surface area contributed by atoms with Crippen LogP contribution in [0.2, 0.25) is 0 Å². The molecule has 1 saturated heterocycles. The minimum atomic E-state index is 0.555. The molecule has 7 nitrogen and oxygen atoms in total. The molecule has 0 N–H and O–H groups in total. The number of rotatable bonds is 3. The van der Waals surface area contributed by atoms with Crippen LogP contribution in [0.1, 0.15) is 48.9 Å². The Morgan fingerprint density at radius 1 is 1.00 bits per heavy atom. The average Bonchev–Trinajstić information content (AvgIpc) is 3.22. The lowest BCUT2D eigenvalue weighted by molar-refractivity contribution is 0.500. The van der Waals surface area contributed by atoms with Crippen LogP contribution in [0.25, 0.3) is 5.65 Å². The number of hydrogen-bond acceptors (Lipinski definition) is 5. The molecule has 5 rings (SSSR count). The third kappa shape index (κ3) is 2.35. The maximum atomic E-state index is 4.82. The zero-order valence-corrected chi connectivity index (χ0v) is 13.8. The SMILES string of the molecule is Cn1cc(C2CCN(c3ccc4nnc(C5CC5)n4n3)CC2)cn1. The van der Waals surface area contributed by atoms with E-state index < -0.39 is 0 Å². The zero-order valence-electron chi connectivity index (χ0n) is 13.8. The van der Waals surface area contributed by atoms with Gasteiger partial charge in [-0.3, -0.25) is 4.68 Å². The second-order valence-electron chi connectivity index (χ2n) is 7.00. The molecule has 0 radical (unpaired) electrons. The van der Waals surface area contributed by atoms with Gasteiger partial charge in [-0.1, -0.05) is 0 Å². The molecule has 2 aliphatic rings. The van der Waals surface area contributed by atoms with Crippen molar-refractivity contribution in [2.24, 2.45) is 7.05 Å². The highest BCUT2D eigenvalue weighted by Crippen LogP contribution is 2.39. The Morgan fingerprint density at radius 2 is 1.83 bits per heavy atom. The van der Waals surface area contributed by atoms with Crippen LogP contribution in [0.15, 0.2) is 24.5 Å². The van der Waals surface area contributed by atoms with Crippen LogP contribution in [0, 0.1) is 0 Å². The molecule has 0 atom stereocenters. The van der Waals surface area contributed by atoms with Crippen LogP contribution in [0.4, 0.5) is 5.82 Å². The smallest absolute Gasteiger partial charge is 0.178 e. The fraction of sp³-hybridized carbons (Fsp3) is 0.529. The summed E-state index contributed by atoms with van der Waals surface area (Å²) in [4.78, 5) is 2.38. The van der Waals surface area contributed by atoms with Gasteiger partial charge in [0.05, 0.1) is 6.20 Å². The molecule has 0 amide bonds. The quantitative estimate of drug-likeness (QED) is 0.739. The number of nitrogens with zero attached hydrogens (tertiary/aromatic N) is 7. The van der Waals surface area contributed by atoms with Gasteiger partial charge in [0.15, 0.2) is 11.5 Å². The van der Waals surface area contributed by atoms with E-state index in [-0.39, 0.29) is 0 Å². The van der Waals surface area contributed by atoms with Crippen molar-refractivity contribution < 1.29 is 0 Å². The van der Waals surface area contributed by atoms with E-state index in [0.29, 0.717) is 11.8 Å². The Hall–Kier alpha value is -2.44. The standard InChI is InChI=1S/C17H21N7/c1-22-11-14(10-18-22)12-6-8-23(9-7-12)16-5-4-15-19-20-17(13-2-3-13)24(15)21-16/h4-5,10-13H,2-3,6-9H2,1H3. The first kappa shape index (κ1) is 13.9. The molecule has 2 fully saturated rings. The van der Waals surface area contributed by atoms with Crippen LogP contribution < -0.4 is 4.90 Å². The summed E-state index contributed by atoms with van der Waals surface area (Å²) in [6, 6.07) is 4.11. The van der Waals surface area contributed by atoms with Gasteiger partial charge in [-0.2, -0.15) is 9.61 Å². The minimum Gasteiger partial charge on any atom is -0.355 e. The number of fused-ring (bicyclic) bond motifs is 1. The monoisotopic (exact) mass is 323 g/mol. The predicted octanol–water partition coefficient (Wildman–Crippen LogP) is 2.12. The highest BCUT2D eigenvalue weighted by molar-refractivity contribution is 5.46. The van der Waals surface area contributed by atoms with Crippen LogP contribution in [0.5, 0.6) is 0 Å². The Bertz CT molecular complexity index is 868. The van der Waals surface area contributed by atoms with Gasteiger partial charge in [0.1, 0.15) is 5.82 Å². The van der Waals surface area contributed by atoms with E-state index in [1.54, 1.807) is 0 Å². The number of hydrogen-bond donors (Lipinski definition) is 0. The summed E-state index contributed by atoms with van der Waals surface area (Å²) in [7, 11) is 1.98. The van der Waals surface area contributed by atoms with Gasteiger partial charge in [0, 0.05) is 32.3 Å². The van der Waals surface area contributed by atoms with E-state index in [0.717, 1.165) is 43.2 Å². The first-order valence-electron chi connectivity index (χ1n) is 8.74. The highest BCUT2D eigenvalue weighted by Gasteiger charge is 2.30. The number of aryl methyl sites for hydroxylation is 1. The maximum absolute atomic E-state index is 4.82. The molecule has 3 aromatic heterocycles. The molecule has 1 aliphatic heterocycles. The lowest BCUT2D eigenvalue weighted by Gasteiger charge is -2.32. The molecule has 24 heavy (non-hydrogen) atoms. The van der Waals surface area contributed by atoms with Crippen molar-refractivity contribution in [1.82, 2.24) is 29.6 Å². The fourth-order valence-electron chi connectivity index (χ4n) is 3.65. The molecule has 0 unspecified atom stereocenters. The first-order chi connectivity index (χ1) is 11.8. The summed E-state index contributed by atoms with van der Waals surface area (Å²) >= 11 is 0. The van der Waals surface area contributed by atoms with Crippen molar-refractivity contribution >= 4 is 11.5 Å². The number of anilines is 1. The largest absolute Gasteiger partial charge is 0.355 e. The molecule has 1 saturated carbocycles. The highest BCUT2D eigenvalue weighted by atomic mass is 15.4. The molecule has 7 heteroatoms. The molecular weight excluding hydrogens is 302 g/mol. The average molecular weight is 323 g/mol. The van der Waals surface area contributed by atoms with Gasteiger partial charge in [0.25, 0.3) is 0 Å². The van der Waals surface area contributed by atoms with Crippen molar-refractivity contribution in [3.05, 3.63) is 35.9 Å². The van der Waals surface area contributed by atoms with Gasteiger partial charge in [0.2, 0.25) is 0 Å². The summed E-state index contributed by atoms with van der Waals surface area (Å²) in [5.41, 5.74) is 2.21. The second kappa shape index (κ2) is 5.29. The van der Waals surface area contributed by atoms with Gasteiger partial charge in [-0.15, -0.1) is 15.3 Å². The lowest BCUT2D eigenvalue weighted by Crippen LogP contribution is -2.33. The van der Waals surface area contributed by atoms with Crippen molar-refractivity contribution in [2.45, 2.75) is 37.5 Å². The maximum Gasteiger partial charge on any atom is 0.178 e. The Balaban J connectivity index is 1.35. The third-order valence-electron chi connectivity index (χ3n) is 5.23. The van der Waals surface area contributed by atoms with E-state index in [1.165, 1.54) is 18.4 Å². The van der Waals surface area contributed by atoms with Crippen molar-refractivity contribution in [2.75, 3.05) is 18.0 Å². The topological polar surface area (TPSA) is 64.1 Å². The van der Waals surface area contributed by atoms with E-state index in [2.05, 4.69) is 32.5 Å². The van der Waals surface area contributed by atoms with Gasteiger partial charge in [-0.05, 0) is 49.3 Å².